The van der Waals surface area contributed by atoms with Gasteiger partial charge in [-0.25, -0.2) is 4.79 Å². The number of hydrogen-bond donors (Lipinski definition) is 1. The average molecular weight is 511 g/mol. The van der Waals surface area contributed by atoms with Gasteiger partial charge in [-0.05, 0) is 67.0 Å². The molecule has 1 aromatic rings. The van der Waals surface area contributed by atoms with E-state index in [1.807, 2.05) is 41.7 Å². The van der Waals surface area contributed by atoms with E-state index in [9.17, 15) is 9.90 Å². The molecule has 186 valence electrons. The highest BCUT2D eigenvalue weighted by molar-refractivity contribution is 8.17. The lowest BCUT2D eigenvalue weighted by Gasteiger charge is -2.53. The van der Waals surface area contributed by atoms with Gasteiger partial charge in [-0.1, -0.05) is 45.9 Å². The van der Waals surface area contributed by atoms with E-state index in [0.29, 0.717) is 16.8 Å². The van der Waals surface area contributed by atoms with Crippen molar-refractivity contribution in [2.45, 2.75) is 75.8 Å². The average Bonchev–Trinajstić information content (AvgIpc) is 2.79. The van der Waals surface area contributed by atoms with E-state index < -0.39 is 8.32 Å². The molecule has 2 aliphatic rings. The topological polar surface area (TPSA) is 55.8 Å². The van der Waals surface area contributed by atoms with E-state index in [1.165, 1.54) is 6.42 Å². The normalized spacial score (nSPS) is 29.6. The molecule has 1 saturated heterocycles. The largest absolute Gasteiger partial charge is 0.462 e. The molecule has 2 fully saturated rings. The molecule has 4 nitrogen and oxygen atoms in total. The van der Waals surface area contributed by atoms with E-state index in [4.69, 9.17) is 9.16 Å². The lowest BCUT2D eigenvalue weighted by molar-refractivity contribution is -0.0741. The maximum Gasteiger partial charge on any atom is 0.338 e. The van der Waals surface area contributed by atoms with Crippen molar-refractivity contribution in [3.05, 3.63) is 35.9 Å². The summed E-state index contributed by atoms with van der Waals surface area (Å²) < 4.78 is 13.2. The number of esters is 1. The minimum absolute atomic E-state index is 0.0522. The van der Waals surface area contributed by atoms with Crippen LogP contribution < -0.4 is 0 Å². The predicted molar refractivity (Wildman–Crippen MR) is 144 cm³/mol. The summed E-state index contributed by atoms with van der Waals surface area (Å²) in [4.78, 5) is 12.7. The van der Waals surface area contributed by atoms with Gasteiger partial charge in [-0.3, -0.25) is 0 Å². The molecule has 3 rings (SSSR count). The highest BCUT2D eigenvalue weighted by Crippen LogP contribution is 2.54. The Morgan fingerprint density at radius 3 is 2.39 bits per heavy atom. The summed E-state index contributed by atoms with van der Waals surface area (Å²) in [5, 5.41) is 10.8. The van der Waals surface area contributed by atoms with Crippen molar-refractivity contribution < 1.29 is 19.1 Å². The minimum Gasteiger partial charge on any atom is -0.462 e. The van der Waals surface area contributed by atoms with Crippen LogP contribution in [0, 0.1) is 17.3 Å². The summed E-state index contributed by atoms with van der Waals surface area (Å²) in [7, 11) is -1.97. The van der Waals surface area contributed by atoms with Crippen LogP contribution in [-0.4, -0.2) is 54.8 Å². The second kappa shape index (κ2) is 11.1. The summed E-state index contributed by atoms with van der Waals surface area (Å²) in [6.07, 6.45) is 3.12. The number of ether oxygens (including phenoxy) is 1. The van der Waals surface area contributed by atoms with E-state index >= 15 is 0 Å². The molecular weight excluding hydrogens is 469 g/mol. The smallest absolute Gasteiger partial charge is 0.338 e. The third-order valence-electron chi connectivity index (χ3n) is 7.90. The van der Waals surface area contributed by atoms with E-state index in [0.717, 1.165) is 24.3 Å². The molecule has 4 atom stereocenters. The van der Waals surface area contributed by atoms with Gasteiger partial charge in [0.25, 0.3) is 0 Å². The van der Waals surface area contributed by atoms with Crippen molar-refractivity contribution in [3.8, 4) is 0 Å². The molecule has 1 aliphatic heterocycles. The number of thioether (sulfide) groups is 2. The Morgan fingerprint density at radius 1 is 1.18 bits per heavy atom. The molecule has 1 saturated carbocycles. The molecular formula is C26H42O4S2Si. The van der Waals surface area contributed by atoms with Crippen molar-refractivity contribution in [1.29, 1.82) is 0 Å². The number of aliphatic hydroxyl groups excluding tert-OH is 1. The molecule has 0 spiro atoms. The van der Waals surface area contributed by atoms with Crippen LogP contribution >= 0.6 is 23.5 Å². The Hall–Kier alpha value is -0.473. The van der Waals surface area contributed by atoms with Crippen molar-refractivity contribution in [1.82, 2.24) is 0 Å². The second-order valence-electron chi connectivity index (χ2n) is 11.4. The molecule has 1 aliphatic carbocycles. The van der Waals surface area contributed by atoms with Gasteiger partial charge in [0.15, 0.2) is 8.32 Å². The first-order valence-corrected chi connectivity index (χ1v) is 17.2. The standard InChI is InChI=1S/C26H42O4S2Si/c1-25(2,3)33(5,6)30-21-13-14-26(4,18-29-23(28)19-11-8-7-9-12-19)22(20(21)17-27)24-31-15-10-16-32-24/h7-9,11-12,20-22,24,27H,10,13-18H2,1-6H3/t20-,21+,22+,26+/m1/s1. The van der Waals surface area contributed by atoms with Crippen LogP contribution in [0.3, 0.4) is 0 Å². The molecule has 1 N–H and O–H groups in total. The lowest BCUT2D eigenvalue weighted by atomic mass is 9.62. The van der Waals surface area contributed by atoms with Crippen LogP contribution in [0.15, 0.2) is 30.3 Å². The fraction of sp³-hybridized carbons (Fsp3) is 0.731. The fourth-order valence-corrected chi connectivity index (χ4v) is 9.94. The van der Waals surface area contributed by atoms with Crippen molar-refractivity contribution >= 4 is 37.8 Å². The first-order valence-electron chi connectivity index (χ1n) is 12.2. The highest BCUT2D eigenvalue weighted by atomic mass is 32.2. The zero-order valence-corrected chi connectivity index (χ0v) is 23.8. The zero-order valence-electron chi connectivity index (χ0n) is 21.1. The van der Waals surface area contributed by atoms with Crippen LogP contribution in [0.2, 0.25) is 18.1 Å². The number of rotatable bonds is 7. The number of hydrogen-bond acceptors (Lipinski definition) is 6. The number of carbonyl (C=O) groups is 1. The first kappa shape index (κ1) is 27.1. The molecule has 33 heavy (non-hydrogen) atoms. The van der Waals surface area contributed by atoms with E-state index in [2.05, 4.69) is 40.8 Å². The Bertz CT molecular complexity index is 776. The van der Waals surface area contributed by atoms with Gasteiger partial charge in [0.2, 0.25) is 0 Å². The summed E-state index contributed by atoms with van der Waals surface area (Å²) in [6.45, 7) is 14.2. The Kier molecular flexibility index (Phi) is 9.09. The zero-order chi connectivity index (χ0) is 24.3. The minimum atomic E-state index is -1.97. The van der Waals surface area contributed by atoms with Crippen LogP contribution in [0.25, 0.3) is 0 Å². The summed E-state index contributed by atoms with van der Waals surface area (Å²) in [5.74, 6) is 2.32. The molecule has 0 aromatic heterocycles. The second-order valence-corrected chi connectivity index (χ2v) is 18.9. The molecule has 1 aromatic carbocycles. The maximum atomic E-state index is 12.7. The van der Waals surface area contributed by atoms with Gasteiger partial charge in [-0.2, -0.15) is 0 Å². The number of carbonyl (C=O) groups excluding carboxylic acids is 1. The summed E-state index contributed by atoms with van der Waals surface area (Å²) >= 11 is 4.03. The maximum absolute atomic E-state index is 12.7. The van der Waals surface area contributed by atoms with Gasteiger partial charge < -0.3 is 14.3 Å². The Labute approximate surface area is 210 Å². The van der Waals surface area contributed by atoms with Crippen LogP contribution in [0.1, 0.15) is 57.3 Å². The lowest BCUT2D eigenvalue weighted by Crippen LogP contribution is -2.55. The van der Waals surface area contributed by atoms with E-state index in [-0.39, 0.29) is 41.0 Å². The quantitative estimate of drug-likeness (QED) is 0.336. The molecule has 7 heteroatoms. The Morgan fingerprint density at radius 2 is 1.82 bits per heavy atom. The summed E-state index contributed by atoms with van der Waals surface area (Å²) in [6, 6.07) is 9.23. The van der Waals surface area contributed by atoms with Gasteiger partial charge in [0.05, 0.1) is 22.9 Å². The predicted octanol–water partition coefficient (Wildman–Crippen LogP) is 6.45. The van der Waals surface area contributed by atoms with Gasteiger partial charge in [0, 0.05) is 17.9 Å². The highest BCUT2D eigenvalue weighted by Gasteiger charge is 2.53. The fourth-order valence-electron chi connectivity index (χ4n) is 4.83. The molecule has 0 unspecified atom stereocenters. The van der Waals surface area contributed by atoms with Gasteiger partial charge in [0.1, 0.15) is 0 Å². The van der Waals surface area contributed by atoms with Crippen molar-refractivity contribution in [2.24, 2.45) is 17.3 Å². The van der Waals surface area contributed by atoms with Crippen LogP contribution in [-0.2, 0) is 9.16 Å². The molecule has 0 radical (unpaired) electrons. The molecule has 0 bridgehead atoms. The van der Waals surface area contributed by atoms with Crippen LogP contribution in [0.4, 0.5) is 0 Å². The van der Waals surface area contributed by atoms with Crippen molar-refractivity contribution in [3.63, 3.8) is 0 Å². The third-order valence-corrected chi connectivity index (χ3v) is 15.5. The third kappa shape index (κ3) is 6.40. The monoisotopic (exact) mass is 510 g/mol. The van der Waals surface area contributed by atoms with Crippen LogP contribution in [0.5, 0.6) is 0 Å². The number of aliphatic hydroxyl groups is 1. The molecule has 1 heterocycles. The van der Waals surface area contributed by atoms with Gasteiger partial charge >= 0.3 is 5.97 Å². The summed E-state index contributed by atoms with van der Waals surface area (Å²) in [5.41, 5.74) is 0.403. The Balaban J connectivity index is 1.83. The van der Waals surface area contributed by atoms with Crippen molar-refractivity contribution in [2.75, 3.05) is 24.7 Å². The van der Waals surface area contributed by atoms with Gasteiger partial charge in [-0.15, -0.1) is 23.5 Å². The SMILES string of the molecule is CC(C)(C)[Si](C)(C)O[C@H]1CC[C@@](C)(COC(=O)c2ccccc2)[C@H](C2SCCCS2)[C@@H]1CO. The first-order chi connectivity index (χ1) is 15.5. The van der Waals surface area contributed by atoms with E-state index in [1.54, 1.807) is 12.1 Å². The number of benzene rings is 1. The molecule has 0 amide bonds.